The third kappa shape index (κ3) is 2.60. The average Bonchev–Trinajstić information content (AvgIpc) is 2.86. The molecule has 3 aromatic rings. The Balaban J connectivity index is 2.15. The predicted octanol–water partition coefficient (Wildman–Crippen LogP) is 3.46. The van der Waals surface area contributed by atoms with Crippen molar-refractivity contribution in [2.45, 2.75) is 6.54 Å². The Bertz CT molecular complexity index is 772. The number of aromatic nitrogens is 1. The summed E-state index contributed by atoms with van der Waals surface area (Å²) >= 11 is 0. The normalized spacial score (nSPS) is 11.2. The molecule has 0 atom stereocenters. The number of H-pyrrole nitrogens is 1. The standard InChI is InChI=1S/C18H18N2O/c1-20(2)12-15-14-10-6-7-11-16(14)19-17(15)18(21)13-8-4-3-5-9-13/h3-11,19H,12H2,1-2H3. The Morgan fingerprint density at radius 3 is 2.38 bits per heavy atom. The van der Waals surface area contributed by atoms with Crippen LogP contribution in [-0.2, 0) is 6.54 Å². The molecule has 0 saturated heterocycles. The molecule has 2 aromatic carbocycles. The summed E-state index contributed by atoms with van der Waals surface area (Å²) < 4.78 is 0. The number of fused-ring (bicyclic) bond motifs is 1. The minimum absolute atomic E-state index is 0.0450. The zero-order valence-corrected chi connectivity index (χ0v) is 12.3. The fourth-order valence-corrected chi connectivity index (χ4v) is 2.61. The maximum atomic E-state index is 12.8. The molecular weight excluding hydrogens is 260 g/mol. The molecular formula is C18H18N2O. The molecule has 1 heterocycles. The van der Waals surface area contributed by atoms with Gasteiger partial charge in [0.05, 0.1) is 5.69 Å². The van der Waals surface area contributed by atoms with Crippen molar-refractivity contribution in [3.63, 3.8) is 0 Å². The van der Waals surface area contributed by atoms with Crippen molar-refractivity contribution < 1.29 is 4.79 Å². The number of ketones is 1. The smallest absolute Gasteiger partial charge is 0.209 e. The first-order chi connectivity index (χ1) is 10.2. The Hall–Kier alpha value is -2.39. The number of carbonyl (C=O) groups is 1. The quantitative estimate of drug-likeness (QED) is 0.742. The number of benzene rings is 2. The number of aromatic amines is 1. The van der Waals surface area contributed by atoms with Gasteiger partial charge in [-0.15, -0.1) is 0 Å². The first kappa shape index (κ1) is 13.6. The van der Waals surface area contributed by atoms with E-state index in [1.165, 1.54) is 0 Å². The molecule has 3 nitrogen and oxygen atoms in total. The van der Waals surface area contributed by atoms with Crippen molar-refractivity contribution in [3.05, 3.63) is 71.4 Å². The molecule has 0 saturated carbocycles. The van der Waals surface area contributed by atoms with Crippen LogP contribution in [0, 0.1) is 0 Å². The van der Waals surface area contributed by atoms with Gasteiger partial charge in [0, 0.05) is 28.6 Å². The van der Waals surface area contributed by atoms with Crippen molar-refractivity contribution in [1.29, 1.82) is 0 Å². The lowest BCUT2D eigenvalue weighted by Crippen LogP contribution is -2.14. The molecule has 0 spiro atoms. The number of hydrogen-bond donors (Lipinski definition) is 1. The molecule has 106 valence electrons. The van der Waals surface area contributed by atoms with Crippen LogP contribution in [0.15, 0.2) is 54.6 Å². The van der Waals surface area contributed by atoms with Gasteiger partial charge in [-0.2, -0.15) is 0 Å². The number of rotatable bonds is 4. The van der Waals surface area contributed by atoms with Gasteiger partial charge in [-0.1, -0.05) is 48.5 Å². The van der Waals surface area contributed by atoms with Crippen molar-refractivity contribution in [2.24, 2.45) is 0 Å². The lowest BCUT2D eigenvalue weighted by Gasteiger charge is -2.10. The van der Waals surface area contributed by atoms with Gasteiger partial charge in [0.2, 0.25) is 5.78 Å². The van der Waals surface area contributed by atoms with Crippen molar-refractivity contribution in [1.82, 2.24) is 9.88 Å². The van der Waals surface area contributed by atoms with Crippen LogP contribution in [0.2, 0.25) is 0 Å². The van der Waals surface area contributed by atoms with Gasteiger partial charge in [-0.25, -0.2) is 0 Å². The van der Waals surface area contributed by atoms with Gasteiger partial charge in [-0.3, -0.25) is 4.79 Å². The zero-order chi connectivity index (χ0) is 14.8. The van der Waals surface area contributed by atoms with Gasteiger partial charge in [0.25, 0.3) is 0 Å². The highest BCUT2D eigenvalue weighted by atomic mass is 16.1. The van der Waals surface area contributed by atoms with Crippen molar-refractivity contribution >= 4 is 16.7 Å². The second kappa shape index (κ2) is 5.54. The van der Waals surface area contributed by atoms with Gasteiger partial charge in [-0.05, 0) is 20.2 Å². The van der Waals surface area contributed by atoms with Gasteiger partial charge in [0.15, 0.2) is 0 Å². The summed E-state index contributed by atoms with van der Waals surface area (Å²) in [6.45, 7) is 0.734. The Labute approximate surface area is 124 Å². The molecule has 3 heteroatoms. The van der Waals surface area contributed by atoms with E-state index in [1.54, 1.807) is 0 Å². The monoisotopic (exact) mass is 278 g/mol. The summed E-state index contributed by atoms with van der Waals surface area (Å²) in [6.07, 6.45) is 0. The Kier molecular flexibility index (Phi) is 3.59. The largest absolute Gasteiger partial charge is 0.352 e. The lowest BCUT2D eigenvalue weighted by atomic mass is 10.0. The molecule has 21 heavy (non-hydrogen) atoms. The lowest BCUT2D eigenvalue weighted by molar-refractivity contribution is 0.103. The van der Waals surface area contributed by atoms with E-state index in [9.17, 15) is 4.79 Å². The van der Waals surface area contributed by atoms with E-state index in [0.29, 0.717) is 11.3 Å². The molecule has 1 aromatic heterocycles. The van der Waals surface area contributed by atoms with Gasteiger partial charge < -0.3 is 9.88 Å². The minimum Gasteiger partial charge on any atom is -0.352 e. The van der Waals surface area contributed by atoms with E-state index >= 15 is 0 Å². The minimum atomic E-state index is 0.0450. The van der Waals surface area contributed by atoms with Crippen LogP contribution >= 0.6 is 0 Å². The fourth-order valence-electron chi connectivity index (χ4n) is 2.61. The molecule has 0 radical (unpaired) electrons. The highest BCUT2D eigenvalue weighted by molar-refractivity contribution is 6.11. The summed E-state index contributed by atoms with van der Waals surface area (Å²) in [7, 11) is 4.02. The van der Waals surface area contributed by atoms with Gasteiger partial charge in [0.1, 0.15) is 0 Å². The fraction of sp³-hybridized carbons (Fsp3) is 0.167. The molecule has 0 fully saturated rings. The second-order valence-electron chi connectivity index (χ2n) is 5.46. The zero-order valence-electron chi connectivity index (χ0n) is 12.3. The van der Waals surface area contributed by atoms with E-state index in [-0.39, 0.29) is 5.78 Å². The number of carbonyl (C=O) groups excluding carboxylic acids is 1. The summed E-state index contributed by atoms with van der Waals surface area (Å²) in [4.78, 5) is 18.1. The maximum absolute atomic E-state index is 12.8. The molecule has 0 aliphatic carbocycles. The van der Waals surface area contributed by atoms with Crippen LogP contribution in [0.25, 0.3) is 10.9 Å². The van der Waals surface area contributed by atoms with Crippen molar-refractivity contribution in [3.8, 4) is 0 Å². The van der Waals surface area contributed by atoms with Gasteiger partial charge >= 0.3 is 0 Å². The SMILES string of the molecule is CN(C)Cc1c(C(=O)c2ccccc2)[nH]c2ccccc12. The van der Waals surface area contributed by atoms with Crippen LogP contribution in [0.4, 0.5) is 0 Å². The molecule has 0 unspecified atom stereocenters. The predicted molar refractivity (Wildman–Crippen MR) is 85.6 cm³/mol. The molecule has 0 bridgehead atoms. The summed E-state index contributed by atoms with van der Waals surface area (Å²) in [5, 5.41) is 1.12. The maximum Gasteiger partial charge on any atom is 0.209 e. The number of nitrogens with zero attached hydrogens (tertiary/aromatic N) is 1. The van der Waals surface area contributed by atoms with Crippen LogP contribution in [-0.4, -0.2) is 29.8 Å². The van der Waals surface area contributed by atoms with Crippen LogP contribution in [0.1, 0.15) is 21.6 Å². The first-order valence-corrected chi connectivity index (χ1v) is 7.01. The first-order valence-electron chi connectivity index (χ1n) is 7.01. The second-order valence-corrected chi connectivity index (χ2v) is 5.46. The van der Waals surface area contributed by atoms with E-state index in [2.05, 4.69) is 16.0 Å². The highest BCUT2D eigenvalue weighted by Crippen LogP contribution is 2.25. The van der Waals surface area contributed by atoms with E-state index in [4.69, 9.17) is 0 Å². The van der Waals surface area contributed by atoms with Crippen LogP contribution in [0.3, 0.4) is 0 Å². The molecule has 0 aliphatic rings. The van der Waals surface area contributed by atoms with E-state index < -0.39 is 0 Å². The van der Waals surface area contributed by atoms with Crippen LogP contribution < -0.4 is 0 Å². The molecule has 0 amide bonds. The number of hydrogen-bond acceptors (Lipinski definition) is 2. The third-order valence-corrected chi connectivity index (χ3v) is 3.55. The van der Waals surface area contributed by atoms with E-state index in [0.717, 1.165) is 23.0 Å². The van der Waals surface area contributed by atoms with Crippen molar-refractivity contribution in [2.75, 3.05) is 14.1 Å². The number of nitrogens with one attached hydrogen (secondary N) is 1. The highest BCUT2D eigenvalue weighted by Gasteiger charge is 2.19. The summed E-state index contributed by atoms with van der Waals surface area (Å²) in [5.41, 5.74) is 3.47. The average molecular weight is 278 g/mol. The Morgan fingerprint density at radius 1 is 1.00 bits per heavy atom. The number of para-hydroxylation sites is 1. The van der Waals surface area contributed by atoms with E-state index in [1.807, 2.05) is 62.6 Å². The molecule has 1 N–H and O–H groups in total. The molecule has 3 rings (SSSR count). The van der Waals surface area contributed by atoms with Crippen LogP contribution in [0.5, 0.6) is 0 Å². The summed E-state index contributed by atoms with van der Waals surface area (Å²) in [6, 6.07) is 17.5. The Morgan fingerprint density at radius 2 is 1.67 bits per heavy atom. The summed E-state index contributed by atoms with van der Waals surface area (Å²) in [5.74, 6) is 0.0450. The topological polar surface area (TPSA) is 36.1 Å². The molecule has 0 aliphatic heterocycles. The third-order valence-electron chi connectivity index (χ3n) is 3.55.